The standard InChI is InChI=1S/C13H23N3/c1-16(11-13-4-8-15-10-13)9-5-12-2-6-14-7-3-12/h4,8,10,12,14-15H,2-3,5-7,9,11H2,1H3. The fourth-order valence-corrected chi connectivity index (χ4v) is 2.42. The van der Waals surface area contributed by atoms with Crippen LogP contribution in [0.5, 0.6) is 0 Å². The molecule has 0 saturated carbocycles. The number of hydrogen-bond donors (Lipinski definition) is 2. The van der Waals surface area contributed by atoms with E-state index in [-0.39, 0.29) is 0 Å². The molecule has 1 saturated heterocycles. The van der Waals surface area contributed by atoms with Crippen molar-refractivity contribution in [2.24, 2.45) is 5.92 Å². The molecule has 0 atom stereocenters. The molecule has 0 radical (unpaired) electrons. The third kappa shape index (κ3) is 3.65. The predicted molar refractivity (Wildman–Crippen MR) is 67.3 cm³/mol. The number of aromatic nitrogens is 1. The lowest BCUT2D eigenvalue weighted by atomic mass is 9.94. The number of aromatic amines is 1. The Morgan fingerprint density at radius 2 is 2.19 bits per heavy atom. The van der Waals surface area contributed by atoms with E-state index in [9.17, 15) is 0 Å². The SMILES string of the molecule is CN(CCC1CCNCC1)Cc1cc[nH]c1. The fourth-order valence-electron chi connectivity index (χ4n) is 2.42. The summed E-state index contributed by atoms with van der Waals surface area (Å²) in [5, 5.41) is 3.42. The van der Waals surface area contributed by atoms with E-state index < -0.39 is 0 Å². The average molecular weight is 221 g/mol. The first-order valence-electron chi connectivity index (χ1n) is 6.35. The lowest BCUT2D eigenvalue weighted by Crippen LogP contribution is -2.30. The van der Waals surface area contributed by atoms with Crippen molar-refractivity contribution in [2.75, 3.05) is 26.7 Å². The summed E-state index contributed by atoms with van der Waals surface area (Å²) in [5.74, 6) is 0.940. The van der Waals surface area contributed by atoms with Crippen LogP contribution in [0.1, 0.15) is 24.8 Å². The van der Waals surface area contributed by atoms with Crippen molar-refractivity contribution < 1.29 is 0 Å². The minimum absolute atomic E-state index is 0.940. The molecule has 1 aromatic heterocycles. The van der Waals surface area contributed by atoms with Crippen LogP contribution in [0.25, 0.3) is 0 Å². The lowest BCUT2D eigenvalue weighted by Gasteiger charge is -2.25. The van der Waals surface area contributed by atoms with E-state index in [4.69, 9.17) is 0 Å². The number of rotatable bonds is 5. The average Bonchev–Trinajstić information content (AvgIpc) is 2.81. The predicted octanol–water partition coefficient (Wildman–Crippen LogP) is 1.84. The molecule has 0 aliphatic carbocycles. The van der Waals surface area contributed by atoms with Crippen molar-refractivity contribution in [2.45, 2.75) is 25.8 Å². The van der Waals surface area contributed by atoms with Gasteiger partial charge in [0.1, 0.15) is 0 Å². The molecule has 0 unspecified atom stereocenters. The molecule has 3 heteroatoms. The summed E-state index contributed by atoms with van der Waals surface area (Å²) in [6.45, 7) is 4.71. The molecule has 2 N–H and O–H groups in total. The smallest absolute Gasteiger partial charge is 0.0245 e. The Kier molecular flexibility index (Phi) is 4.43. The maximum Gasteiger partial charge on any atom is 0.0245 e. The molecule has 1 fully saturated rings. The zero-order valence-corrected chi connectivity index (χ0v) is 10.2. The number of nitrogens with one attached hydrogen (secondary N) is 2. The highest BCUT2D eigenvalue weighted by Gasteiger charge is 2.13. The zero-order valence-electron chi connectivity index (χ0n) is 10.2. The van der Waals surface area contributed by atoms with Crippen molar-refractivity contribution in [3.63, 3.8) is 0 Å². The van der Waals surface area contributed by atoms with Gasteiger partial charge in [0.05, 0.1) is 0 Å². The van der Waals surface area contributed by atoms with Gasteiger partial charge in [0.25, 0.3) is 0 Å². The topological polar surface area (TPSA) is 31.1 Å². The highest BCUT2D eigenvalue weighted by molar-refractivity contribution is 5.07. The summed E-state index contributed by atoms with van der Waals surface area (Å²) in [6, 6.07) is 2.15. The summed E-state index contributed by atoms with van der Waals surface area (Å²) < 4.78 is 0. The molecular formula is C13H23N3. The number of piperidine rings is 1. The third-order valence-corrected chi connectivity index (χ3v) is 3.49. The normalized spacial score (nSPS) is 18.1. The van der Waals surface area contributed by atoms with Crippen molar-refractivity contribution >= 4 is 0 Å². The van der Waals surface area contributed by atoms with Crippen molar-refractivity contribution in [3.05, 3.63) is 24.0 Å². The third-order valence-electron chi connectivity index (χ3n) is 3.49. The van der Waals surface area contributed by atoms with Crippen LogP contribution in [-0.2, 0) is 6.54 Å². The van der Waals surface area contributed by atoms with Crippen LogP contribution in [0, 0.1) is 5.92 Å². The summed E-state index contributed by atoms with van der Waals surface area (Å²) in [6.07, 6.45) is 8.15. The zero-order chi connectivity index (χ0) is 11.2. The molecule has 1 aliphatic rings. The van der Waals surface area contributed by atoms with Crippen molar-refractivity contribution in [1.29, 1.82) is 0 Å². The molecule has 2 rings (SSSR count). The van der Waals surface area contributed by atoms with Gasteiger partial charge in [-0.05, 0) is 63.5 Å². The first kappa shape index (κ1) is 11.7. The van der Waals surface area contributed by atoms with Crippen LogP contribution >= 0.6 is 0 Å². The molecule has 90 valence electrons. The highest BCUT2D eigenvalue weighted by Crippen LogP contribution is 2.16. The van der Waals surface area contributed by atoms with E-state index in [1.165, 1.54) is 44.5 Å². The van der Waals surface area contributed by atoms with Crippen molar-refractivity contribution in [1.82, 2.24) is 15.2 Å². The maximum absolute atomic E-state index is 3.42. The Morgan fingerprint density at radius 3 is 2.88 bits per heavy atom. The monoisotopic (exact) mass is 221 g/mol. The van der Waals surface area contributed by atoms with Crippen LogP contribution in [0.15, 0.2) is 18.5 Å². The second-order valence-corrected chi connectivity index (χ2v) is 4.94. The Morgan fingerprint density at radius 1 is 1.38 bits per heavy atom. The van der Waals surface area contributed by atoms with Gasteiger partial charge in [-0.3, -0.25) is 0 Å². The van der Waals surface area contributed by atoms with Crippen LogP contribution in [0.2, 0.25) is 0 Å². The number of nitrogens with zero attached hydrogens (tertiary/aromatic N) is 1. The maximum atomic E-state index is 3.42. The molecule has 0 bridgehead atoms. The molecular weight excluding hydrogens is 198 g/mol. The summed E-state index contributed by atoms with van der Waals surface area (Å²) in [4.78, 5) is 5.53. The minimum atomic E-state index is 0.940. The minimum Gasteiger partial charge on any atom is -0.367 e. The number of H-pyrrole nitrogens is 1. The van der Waals surface area contributed by atoms with Gasteiger partial charge >= 0.3 is 0 Å². The molecule has 3 nitrogen and oxygen atoms in total. The number of hydrogen-bond acceptors (Lipinski definition) is 2. The van der Waals surface area contributed by atoms with Gasteiger partial charge in [0, 0.05) is 18.9 Å². The Labute approximate surface area is 98.2 Å². The molecule has 0 amide bonds. The Balaban J connectivity index is 1.65. The molecule has 16 heavy (non-hydrogen) atoms. The first-order chi connectivity index (χ1) is 7.84. The van der Waals surface area contributed by atoms with Crippen molar-refractivity contribution in [3.8, 4) is 0 Å². The van der Waals surface area contributed by atoms with E-state index in [1.54, 1.807) is 0 Å². The summed E-state index contributed by atoms with van der Waals surface area (Å²) in [5.41, 5.74) is 1.38. The van der Waals surface area contributed by atoms with E-state index in [2.05, 4.69) is 34.5 Å². The van der Waals surface area contributed by atoms with Gasteiger partial charge in [-0.1, -0.05) is 0 Å². The molecule has 0 aromatic carbocycles. The second kappa shape index (κ2) is 6.06. The molecule has 2 heterocycles. The van der Waals surface area contributed by atoms with Gasteiger partial charge in [-0.25, -0.2) is 0 Å². The molecule has 1 aromatic rings. The van der Waals surface area contributed by atoms with Crippen LogP contribution in [-0.4, -0.2) is 36.6 Å². The Bertz CT molecular complexity index is 275. The summed E-state index contributed by atoms with van der Waals surface area (Å²) >= 11 is 0. The quantitative estimate of drug-likeness (QED) is 0.795. The molecule has 1 aliphatic heterocycles. The van der Waals surface area contributed by atoms with E-state index >= 15 is 0 Å². The second-order valence-electron chi connectivity index (χ2n) is 4.94. The van der Waals surface area contributed by atoms with Gasteiger partial charge < -0.3 is 15.2 Å². The molecule has 0 spiro atoms. The lowest BCUT2D eigenvalue weighted by molar-refractivity contribution is 0.266. The largest absolute Gasteiger partial charge is 0.367 e. The Hall–Kier alpha value is -0.800. The van der Waals surface area contributed by atoms with E-state index in [0.717, 1.165) is 12.5 Å². The van der Waals surface area contributed by atoms with E-state index in [1.807, 2.05) is 6.20 Å². The van der Waals surface area contributed by atoms with Crippen LogP contribution in [0.3, 0.4) is 0 Å². The van der Waals surface area contributed by atoms with Crippen LogP contribution in [0.4, 0.5) is 0 Å². The van der Waals surface area contributed by atoms with Gasteiger partial charge in [-0.2, -0.15) is 0 Å². The summed E-state index contributed by atoms with van der Waals surface area (Å²) in [7, 11) is 2.22. The fraction of sp³-hybridized carbons (Fsp3) is 0.692. The van der Waals surface area contributed by atoms with Crippen LogP contribution < -0.4 is 5.32 Å². The highest BCUT2D eigenvalue weighted by atomic mass is 15.1. The van der Waals surface area contributed by atoms with E-state index in [0.29, 0.717) is 0 Å². The van der Waals surface area contributed by atoms with Gasteiger partial charge in [0.2, 0.25) is 0 Å². The van der Waals surface area contributed by atoms with Gasteiger partial charge in [-0.15, -0.1) is 0 Å². The first-order valence-corrected chi connectivity index (χ1v) is 6.35. The van der Waals surface area contributed by atoms with Gasteiger partial charge in [0.15, 0.2) is 0 Å².